The smallest absolute Gasteiger partial charge is 0.134 e. The Kier molecular flexibility index (Phi) is 4.00. The van der Waals surface area contributed by atoms with Crippen LogP contribution in [0.5, 0.6) is 0 Å². The van der Waals surface area contributed by atoms with Crippen LogP contribution in [-0.2, 0) is 11.2 Å². The van der Waals surface area contributed by atoms with Gasteiger partial charge in [0.15, 0.2) is 0 Å². The highest BCUT2D eigenvalue weighted by atomic mass is 79.9. The minimum atomic E-state index is 0.193. The van der Waals surface area contributed by atoms with E-state index in [9.17, 15) is 4.79 Å². The number of benzene rings is 1. The molecule has 0 aliphatic rings. The van der Waals surface area contributed by atoms with Crippen LogP contribution in [0.4, 0.5) is 0 Å². The van der Waals surface area contributed by atoms with Crippen LogP contribution >= 0.6 is 27.7 Å². The molecule has 13 heavy (non-hydrogen) atoms. The van der Waals surface area contributed by atoms with Crippen LogP contribution in [0, 0.1) is 0 Å². The van der Waals surface area contributed by atoms with Gasteiger partial charge in [0.25, 0.3) is 0 Å². The van der Waals surface area contributed by atoms with Crippen LogP contribution < -0.4 is 0 Å². The summed E-state index contributed by atoms with van der Waals surface area (Å²) in [6, 6.07) is 6.00. The van der Waals surface area contributed by atoms with Crippen molar-refractivity contribution in [2.45, 2.75) is 18.2 Å². The fourth-order valence-corrected chi connectivity index (χ4v) is 2.53. The van der Waals surface area contributed by atoms with Crippen molar-refractivity contribution in [2.24, 2.45) is 0 Å². The number of thioether (sulfide) groups is 1. The van der Waals surface area contributed by atoms with Gasteiger partial charge < -0.3 is 0 Å². The summed E-state index contributed by atoms with van der Waals surface area (Å²) in [5, 5.41) is 0. The van der Waals surface area contributed by atoms with E-state index in [2.05, 4.69) is 15.9 Å². The summed E-state index contributed by atoms with van der Waals surface area (Å²) in [5.41, 5.74) is 1.07. The number of hydrogen-bond acceptors (Lipinski definition) is 2. The third-order valence-electron chi connectivity index (χ3n) is 1.70. The summed E-state index contributed by atoms with van der Waals surface area (Å²) in [6.45, 7) is 1.61. The highest BCUT2D eigenvalue weighted by molar-refractivity contribution is 9.10. The van der Waals surface area contributed by atoms with E-state index in [1.165, 1.54) is 4.90 Å². The van der Waals surface area contributed by atoms with Crippen LogP contribution in [-0.4, -0.2) is 12.0 Å². The van der Waals surface area contributed by atoms with Gasteiger partial charge in [-0.3, -0.25) is 4.79 Å². The summed E-state index contributed by atoms with van der Waals surface area (Å²) in [5.74, 6) is 0.193. The van der Waals surface area contributed by atoms with Gasteiger partial charge in [0.1, 0.15) is 5.78 Å². The number of carbonyl (C=O) groups is 1. The predicted molar refractivity (Wildman–Crippen MR) is 60.3 cm³/mol. The second-order valence-corrected chi connectivity index (χ2v) is 4.45. The molecule has 70 valence electrons. The van der Waals surface area contributed by atoms with E-state index >= 15 is 0 Å². The zero-order chi connectivity index (χ0) is 9.84. The van der Waals surface area contributed by atoms with E-state index in [4.69, 9.17) is 0 Å². The third-order valence-corrected chi connectivity index (χ3v) is 3.68. The van der Waals surface area contributed by atoms with E-state index in [1.807, 2.05) is 24.5 Å². The Morgan fingerprint density at radius 1 is 1.54 bits per heavy atom. The van der Waals surface area contributed by atoms with Crippen molar-refractivity contribution in [3.05, 3.63) is 28.2 Å². The van der Waals surface area contributed by atoms with E-state index in [-0.39, 0.29) is 5.78 Å². The first-order valence-corrected chi connectivity index (χ1v) is 5.97. The Morgan fingerprint density at radius 3 is 2.77 bits per heavy atom. The quantitative estimate of drug-likeness (QED) is 0.775. The number of hydrogen-bond donors (Lipinski definition) is 0. The fourth-order valence-electron chi connectivity index (χ4n) is 1.12. The molecule has 0 saturated carbocycles. The number of carbonyl (C=O) groups excluding carboxylic acids is 1. The molecule has 0 atom stereocenters. The molecule has 0 heterocycles. The van der Waals surface area contributed by atoms with Crippen LogP contribution in [0.25, 0.3) is 0 Å². The first-order valence-electron chi connectivity index (χ1n) is 3.96. The van der Waals surface area contributed by atoms with Gasteiger partial charge in [0, 0.05) is 15.8 Å². The predicted octanol–water partition coefficient (Wildman–Crippen LogP) is 3.30. The van der Waals surface area contributed by atoms with Gasteiger partial charge in [0.2, 0.25) is 0 Å². The summed E-state index contributed by atoms with van der Waals surface area (Å²) >= 11 is 5.18. The highest BCUT2D eigenvalue weighted by Gasteiger charge is 2.05. The summed E-state index contributed by atoms with van der Waals surface area (Å²) in [6.07, 6.45) is 2.53. The lowest BCUT2D eigenvalue weighted by atomic mass is 10.1. The Morgan fingerprint density at radius 2 is 2.23 bits per heavy atom. The minimum absolute atomic E-state index is 0.193. The molecule has 0 N–H and O–H groups in total. The third kappa shape index (κ3) is 2.85. The second-order valence-electron chi connectivity index (χ2n) is 2.81. The second kappa shape index (κ2) is 4.82. The topological polar surface area (TPSA) is 17.1 Å². The molecule has 0 radical (unpaired) electrons. The molecule has 1 rings (SSSR count). The molecule has 0 bridgehead atoms. The van der Waals surface area contributed by atoms with E-state index in [0.29, 0.717) is 6.42 Å². The normalized spacial score (nSPS) is 10.1. The van der Waals surface area contributed by atoms with Crippen LogP contribution in [0.3, 0.4) is 0 Å². The molecule has 0 fully saturated rings. The minimum Gasteiger partial charge on any atom is -0.300 e. The monoisotopic (exact) mass is 258 g/mol. The van der Waals surface area contributed by atoms with Gasteiger partial charge in [-0.2, -0.15) is 0 Å². The Hall–Kier alpha value is -0.280. The zero-order valence-electron chi connectivity index (χ0n) is 7.63. The van der Waals surface area contributed by atoms with Gasteiger partial charge in [-0.05, 0) is 40.7 Å². The molecular weight excluding hydrogens is 248 g/mol. The van der Waals surface area contributed by atoms with E-state index in [0.717, 1.165) is 10.0 Å². The first-order chi connectivity index (χ1) is 6.15. The van der Waals surface area contributed by atoms with Crippen molar-refractivity contribution in [1.29, 1.82) is 0 Å². The maximum Gasteiger partial charge on any atom is 0.134 e. The maximum absolute atomic E-state index is 10.9. The summed E-state index contributed by atoms with van der Waals surface area (Å²) in [7, 11) is 0. The lowest BCUT2D eigenvalue weighted by Crippen LogP contribution is -1.97. The summed E-state index contributed by atoms with van der Waals surface area (Å²) < 4.78 is 1.05. The lowest BCUT2D eigenvalue weighted by Gasteiger charge is -2.05. The average molecular weight is 259 g/mol. The zero-order valence-corrected chi connectivity index (χ0v) is 10.0. The molecule has 0 saturated heterocycles. The Labute approximate surface area is 91.0 Å². The van der Waals surface area contributed by atoms with Crippen molar-refractivity contribution in [1.82, 2.24) is 0 Å². The molecule has 0 spiro atoms. The van der Waals surface area contributed by atoms with Gasteiger partial charge in [-0.1, -0.05) is 12.1 Å². The van der Waals surface area contributed by atoms with E-state index < -0.39 is 0 Å². The van der Waals surface area contributed by atoms with Crippen molar-refractivity contribution in [2.75, 3.05) is 6.26 Å². The average Bonchev–Trinajstić information content (AvgIpc) is 2.08. The van der Waals surface area contributed by atoms with Gasteiger partial charge in [0.05, 0.1) is 0 Å². The molecule has 0 aromatic heterocycles. The van der Waals surface area contributed by atoms with Crippen molar-refractivity contribution < 1.29 is 4.79 Å². The number of Topliss-reactive ketones (excluding diaryl/α,β-unsaturated/α-hetero) is 1. The van der Waals surface area contributed by atoms with E-state index in [1.54, 1.807) is 18.7 Å². The summed E-state index contributed by atoms with van der Waals surface area (Å²) in [4.78, 5) is 12.1. The Balaban J connectivity index is 3.01. The molecule has 1 nitrogen and oxygen atoms in total. The van der Waals surface area contributed by atoms with Crippen molar-refractivity contribution >= 4 is 33.5 Å². The van der Waals surface area contributed by atoms with Gasteiger partial charge in [-0.15, -0.1) is 11.8 Å². The maximum atomic E-state index is 10.9. The molecule has 3 heteroatoms. The fraction of sp³-hybridized carbons (Fsp3) is 0.300. The number of ketones is 1. The first kappa shape index (κ1) is 10.8. The molecule has 0 aliphatic carbocycles. The SMILES string of the molecule is CSc1cccc(CC(C)=O)c1Br. The number of rotatable bonds is 3. The molecule has 1 aromatic carbocycles. The van der Waals surface area contributed by atoms with Crippen molar-refractivity contribution in [3.63, 3.8) is 0 Å². The number of halogens is 1. The molecule has 0 unspecified atom stereocenters. The molecule has 0 aliphatic heterocycles. The van der Waals surface area contributed by atoms with Gasteiger partial charge in [-0.25, -0.2) is 0 Å². The van der Waals surface area contributed by atoms with Crippen LogP contribution in [0.1, 0.15) is 12.5 Å². The van der Waals surface area contributed by atoms with Gasteiger partial charge >= 0.3 is 0 Å². The lowest BCUT2D eigenvalue weighted by molar-refractivity contribution is -0.116. The molecular formula is C10H11BrOS. The Bertz CT molecular complexity index is 323. The standard InChI is InChI=1S/C10H11BrOS/c1-7(12)6-8-4-3-5-9(13-2)10(8)11/h3-5H,6H2,1-2H3. The van der Waals surface area contributed by atoms with Crippen LogP contribution in [0.15, 0.2) is 27.6 Å². The van der Waals surface area contributed by atoms with Crippen LogP contribution in [0.2, 0.25) is 0 Å². The highest BCUT2D eigenvalue weighted by Crippen LogP contribution is 2.29. The van der Waals surface area contributed by atoms with Crippen molar-refractivity contribution in [3.8, 4) is 0 Å². The largest absolute Gasteiger partial charge is 0.300 e. The molecule has 1 aromatic rings. The molecule has 0 amide bonds.